The lowest BCUT2D eigenvalue weighted by molar-refractivity contribution is 0.0481. The molecule has 2 heterocycles. The quantitative estimate of drug-likeness (QED) is 0.928. The van der Waals surface area contributed by atoms with Crippen molar-refractivity contribution < 1.29 is 0 Å². The van der Waals surface area contributed by atoms with E-state index in [9.17, 15) is 0 Å². The number of fused-ring (bicyclic) bond motifs is 1. The maximum Gasteiger partial charge on any atom is 0.0409 e. The summed E-state index contributed by atoms with van der Waals surface area (Å²) in [6.07, 6.45) is 5.16. The van der Waals surface area contributed by atoms with Gasteiger partial charge >= 0.3 is 0 Å². The second-order valence-corrected chi connectivity index (χ2v) is 6.87. The Morgan fingerprint density at radius 1 is 1.24 bits per heavy atom. The number of hydrogen-bond donors (Lipinski definition) is 1. The van der Waals surface area contributed by atoms with E-state index in [-0.39, 0.29) is 6.04 Å². The van der Waals surface area contributed by atoms with Crippen molar-refractivity contribution >= 4 is 11.6 Å². The third-order valence-corrected chi connectivity index (χ3v) is 5.19. The van der Waals surface area contributed by atoms with Crippen molar-refractivity contribution in [2.75, 3.05) is 32.7 Å². The largest absolute Gasteiger partial charge is 0.324 e. The number of halogens is 1. The summed E-state index contributed by atoms with van der Waals surface area (Å²) >= 11 is 6.04. The summed E-state index contributed by atoms with van der Waals surface area (Å²) in [6.45, 7) is 6.05. The lowest BCUT2D eigenvalue weighted by Gasteiger charge is -2.44. The number of nitrogens with zero attached hydrogens (tertiary/aromatic N) is 2. The Bertz CT molecular complexity index is 465. The SMILES string of the molecule is NC(CCN1CCN2CCCCC2C1)c1cccc(Cl)c1. The van der Waals surface area contributed by atoms with Crippen LogP contribution in [-0.2, 0) is 0 Å². The van der Waals surface area contributed by atoms with Gasteiger partial charge in [0.2, 0.25) is 0 Å². The highest BCUT2D eigenvalue weighted by atomic mass is 35.5. The predicted octanol–water partition coefficient (Wildman–Crippen LogP) is 2.90. The van der Waals surface area contributed by atoms with Crippen LogP contribution in [0.15, 0.2) is 24.3 Å². The van der Waals surface area contributed by atoms with Crippen molar-refractivity contribution in [2.45, 2.75) is 37.8 Å². The van der Waals surface area contributed by atoms with Gasteiger partial charge in [-0.2, -0.15) is 0 Å². The van der Waals surface area contributed by atoms with E-state index in [0.29, 0.717) is 0 Å². The minimum Gasteiger partial charge on any atom is -0.324 e. The molecule has 2 fully saturated rings. The van der Waals surface area contributed by atoms with Crippen molar-refractivity contribution in [2.24, 2.45) is 5.73 Å². The molecule has 2 N–H and O–H groups in total. The first-order valence-corrected chi connectivity index (χ1v) is 8.57. The Kier molecular flexibility index (Phi) is 5.17. The molecule has 1 aromatic rings. The van der Waals surface area contributed by atoms with Gasteiger partial charge in [-0.1, -0.05) is 30.2 Å². The monoisotopic (exact) mass is 307 g/mol. The molecule has 1 aromatic carbocycles. The zero-order chi connectivity index (χ0) is 14.7. The van der Waals surface area contributed by atoms with Gasteiger partial charge in [-0.15, -0.1) is 0 Å². The second-order valence-electron chi connectivity index (χ2n) is 6.44. The van der Waals surface area contributed by atoms with Crippen molar-refractivity contribution in [1.82, 2.24) is 9.80 Å². The summed E-state index contributed by atoms with van der Waals surface area (Å²) < 4.78 is 0. The molecular formula is C17H26ClN3. The summed E-state index contributed by atoms with van der Waals surface area (Å²) in [4.78, 5) is 5.27. The third-order valence-electron chi connectivity index (χ3n) is 4.95. The van der Waals surface area contributed by atoms with Gasteiger partial charge < -0.3 is 10.6 Å². The number of piperidine rings is 1. The van der Waals surface area contributed by atoms with Crippen molar-refractivity contribution in [3.05, 3.63) is 34.9 Å². The first-order valence-electron chi connectivity index (χ1n) is 8.20. The normalized spacial score (nSPS) is 25.5. The second kappa shape index (κ2) is 7.10. The van der Waals surface area contributed by atoms with Crippen LogP contribution in [0, 0.1) is 0 Å². The molecule has 3 rings (SSSR count). The zero-order valence-corrected chi connectivity index (χ0v) is 13.4. The zero-order valence-electron chi connectivity index (χ0n) is 12.7. The topological polar surface area (TPSA) is 32.5 Å². The summed E-state index contributed by atoms with van der Waals surface area (Å²) in [5.41, 5.74) is 7.47. The molecule has 3 nitrogen and oxygen atoms in total. The number of nitrogens with two attached hydrogens (primary N) is 1. The summed E-state index contributed by atoms with van der Waals surface area (Å²) in [5.74, 6) is 0. The summed E-state index contributed by atoms with van der Waals surface area (Å²) in [7, 11) is 0. The molecule has 2 aliphatic rings. The average Bonchev–Trinajstić information content (AvgIpc) is 2.52. The summed E-state index contributed by atoms with van der Waals surface area (Å²) in [5, 5.41) is 0.777. The van der Waals surface area contributed by atoms with Crippen molar-refractivity contribution in [1.29, 1.82) is 0 Å². The molecule has 0 radical (unpaired) electrons. The highest BCUT2D eigenvalue weighted by molar-refractivity contribution is 6.30. The Balaban J connectivity index is 1.49. The minimum absolute atomic E-state index is 0.0908. The number of benzene rings is 1. The Labute approximate surface area is 133 Å². The lowest BCUT2D eigenvalue weighted by Crippen LogP contribution is -2.54. The molecule has 0 saturated carbocycles. The average molecular weight is 308 g/mol. The van der Waals surface area contributed by atoms with Gasteiger partial charge in [0.15, 0.2) is 0 Å². The molecule has 116 valence electrons. The molecule has 2 saturated heterocycles. The smallest absolute Gasteiger partial charge is 0.0409 e. The first kappa shape index (κ1) is 15.3. The molecule has 2 atom stereocenters. The molecule has 0 amide bonds. The first-order chi connectivity index (χ1) is 10.2. The van der Waals surface area contributed by atoms with Gasteiger partial charge in [0, 0.05) is 43.3 Å². The molecule has 0 aliphatic carbocycles. The van der Waals surface area contributed by atoms with E-state index in [2.05, 4.69) is 15.9 Å². The van der Waals surface area contributed by atoms with Gasteiger partial charge in [0.1, 0.15) is 0 Å². The van der Waals surface area contributed by atoms with Gasteiger partial charge in [-0.25, -0.2) is 0 Å². The van der Waals surface area contributed by atoms with E-state index in [1.54, 1.807) is 0 Å². The molecule has 2 aliphatic heterocycles. The predicted molar refractivity (Wildman–Crippen MR) is 88.6 cm³/mol. The maximum absolute atomic E-state index is 6.32. The van der Waals surface area contributed by atoms with E-state index in [1.165, 1.54) is 45.4 Å². The van der Waals surface area contributed by atoms with Crippen LogP contribution in [0.25, 0.3) is 0 Å². The Morgan fingerprint density at radius 2 is 2.14 bits per heavy atom. The number of hydrogen-bond acceptors (Lipinski definition) is 3. The fraction of sp³-hybridized carbons (Fsp3) is 0.647. The molecule has 0 bridgehead atoms. The standard InChI is InChI=1S/C17H26ClN3/c18-15-5-3-4-14(12-15)17(19)7-9-20-10-11-21-8-2-1-6-16(21)13-20/h3-5,12,16-17H,1-2,6-11,13,19H2. The molecule has 2 unspecified atom stereocenters. The van der Waals surface area contributed by atoms with E-state index in [0.717, 1.165) is 29.6 Å². The van der Waals surface area contributed by atoms with E-state index in [4.69, 9.17) is 17.3 Å². The van der Waals surface area contributed by atoms with E-state index in [1.807, 2.05) is 18.2 Å². The number of rotatable bonds is 4. The molecule has 0 spiro atoms. The Hall–Kier alpha value is -0.610. The minimum atomic E-state index is 0.0908. The van der Waals surface area contributed by atoms with Crippen LogP contribution >= 0.6 is 11.6 Å². The van der Waals surface area contributed by atoms with Gasteiger partial charge in [0.05, 0.1) is 0 Å². The van der Waals surface area contributed by atoms with E-state index < -0.39 is 0 Å². The number of piperazine rings is 1. The van der Waals surface area contributed by atoms with Crippen LogP contribution in [0.4, 0.5) is 0 Å². The summed E-state index contributed by atoms with van der Waals surface area (Å²) in [6, 6.07) is 8.84. The van der Waals surface area contributed by atoms with Crippen LogP contribution in [-0.4, -0.2) is 48.6 Å². The maximum atomic E-state index is 6.32. The van der Waals surface area contributed by atoms with Crippen molar-refractivity contribution in [3.63, 3.8) is 0 Å². The van der Waals surface area contributed by atoms with Gasteiger partial charge in [-0.3, -0.25) is 4.90 Å². The van der Waals surface area contributed by atoms with E-state index >= 15 is 0 Å². The third kappa shape index (κ3) is 3.98. The Morgan fingerprint density at radius 3 is 3.00 bits per heavy atom. The lowest BCUT2D eigenvalue weighted by atomic mass is 9.99. The fourth-order valence-corrected chi connectivity index (χ4v) is 3.85. The van der Waals surface area contributed by atoms with Crippen LogP contribution < -0.4 is 5.73 Å². The van der Waals surface area contributed by atoms with Crippen LogP contribution in [0.3, 0.4) is 0 Å². The van der Waals surface area contributed by atoms with Gasteiger partial charge in [0.25, 0.3) is 0 Å². The van der Waals surface area contributed by atoms with Gasteiger partial charge in [-0.05, 0) is 43.5 Å². The highest BCUT2D eigenvalue weighted by Gasteiger charge is 2.28. The van der Waals surface area contributed by atoms with Crippen LogP contribution in [0.2, 0.25) is 5.02 Å². The molecule has 0 aromatic heterocycles. The highest BCUT2D eigenvalue weighted by Crippen LogP contribution is 2.23. The molecule has 4 heteroatoms. The fourth-order valence-electron chi connectivity index (χ4n) is 3.65. The molecular weight excluding hydrogens is 282 g/mol. The molecule has 21 heavy (non-hydrogen) atoms. The van der Waals surface area contributed by atoms with Crippen LogP contribution in [0.1, 0.15) is 37.3 Å². The van der Waals surface area contributed by atoms with Crippen molar-refractivity contribution in [3.8, 4) is 0 Å². The van der Waals surface area contributed by atoms with Crippen LogP contribution in [0.5, 0.6) is 0 Å².